The zero-order valence-electron chi connectivity index (χ0n) is 11.5. The van der Waals surface area contributed by atoms with Gasteiger partial charge in [0.15, 0.2) is 0 Å². The van der Waals surface area contributed by atoms with Crippen molar-refractivity contribution >= 4 is 15.7 Å². The highest BCUT2D eigenvalue weighted by Crippen LogP contribution is 2.27. The zero-order valence-corrected chi connectivity index (χ0v) is 12.3. The van der Waals surface area contributed by atoms with Gasteiger partial charge in [0.1, 0.15) is 0 Å². The monoisotopic (exact) mass is 298 g/mol. The second-order valence-electron chi connectivity index (χ2n) is 5.52. The van der Waals surface area contributed by atoms with E-state index in [0.29, 0.717) is 24.9 Å². The second kappa shape index (κ2) is 5.49. The van der Waals surface area contributed by atoms with E-state index in [9.17, 15) is 18.5 Å². The summed E-state index contributed by atoms with van der Waals surface area (Å²) in [6.07, 6.45) is 1.00. The van der Waals surface area contributed by atoms with Crippen molar-refractivity contribution in [2.75, 3.05) is 13.1 Å². The van der Waals surface area contributed by atoms with Crippen LogP contribution in [0.1, 0.15) is 20.3 Å². The largest absolute Gasteiger partial charge is 0.270 e. The standard InChI is InChI=1S/C13H18N2O4S/c1-10-6-11(2)9-14(8-10)20(18,19)13-5-3-4-12(7-13)15(16)17/h3-5,7,10-11H,6,8-9H2,1-2H3. The van der Waals surface area contributed by atoms with Crippen LogP contribution in [0.3, 0.4) is 0 Å². The van der Waals surface area contributed by atoms with Crippen LogP contribution in [0, 0.1) is 22.0 Å². The van der Waals surface area contributed by atoms with Crippen molar-refractivity contribution in [2.24, 2.45) is 11.8 Å². The van der Waals surface area contributed by atoms with Crippen LogP contribution in [-0.4, -0.2) is 30.7 Å². The molecule has 110 valence electrons. The number of nitrogens with zero attached hydrogens (tertiary/aromatic N) is 2. The molecular formula is C13H18N2O4S. The number of hydrogen-bond acceptors (Lipinski definition) is 4. The van der Waals surface area contributed by atoms with E-state index in [1.165, 1.54) is 22.5 Å². The van der Waals surface area contributed by atoms with Crippen molar-refractivity contribution in [2.45, 2.75) is 25.2 Å². The molecule has 0 saturated carbocycles. The number of nitro benzene ring substituents is 1. The van der Waals surface area contributed by atoms with Gasteiger partial charge in [-0.3, -0.25) is 10.1 Å². The fourth-order valence-electron chi connectivity index (χ4n) is 2.71. The van der Waals surface area contributed by atoms with Gasteiger partial charge in [-0.15, -0.1) is 0 Å². The van der Waals surface area contributed by atoms with E-state index >= 15 is 0 Å². The van der Waals surface area contributed by atoms with E-state index in [-0.39, 0.29) is 10.6 Å². The highest BCUT2D eigenvalue weighted by Gasteiger charge is 2.32. The van der Waals surface area contributed by atoms with Crippen LogP contribution in [0.25, 0.3) is 0 Å². The number of benzene rings is 1. The van der Waals surface area contributed by atoms with Gasteiger partial charge in [0, 0.05) is 25.2 Å². The number of sulfonamides is 1. The molecule has 1 heterocycles. The number of hydrogen-bond donors (Lipinski definition) is 0. The molecule has 6 nitrogen and oxygen atoms in total. The molecule has 2 atom stereocenters. The molecule has 1 aromatic rings. The molecule has 20 heavy (non-hydrogen) atoms. The van der Waals surface area contributed by atoms with Gasteiger partial charge in [0.05, 0.1) is 9.82 Å². The van der Waals surface area contributed by atoms with Crippen LogP contribution in [-0.2, 0) is 10.0 Å². The Balaban J connectivity index is 2.34. The number of rotatable bonds is 3. The van der Waals surface area contributed by atoms with Crippen molar-refractivity contribution in [3.8, 4) is 0 Å². The van der Waals surface area contributed by atoms with Crippen LogP contribution in [0.4, 0.5) is 5.69 Å². The molecule has 7 heteroatoms. The predicted octanol–water partition coefficient (Wildman–Crippen LogP) is 2.26. The summed E-state index contributed by atoms with van der Waals surface area (Å²) >= 11 is 0. The minimum atomic E-state index is -3.66. The third kappa shape index (κ3) is 2.99. The lowest BCUT2D eigenvalue weighted by atomic mass is 9.94. The van der Waals surface area contributed by atoms with Crippen LogP contribution in [0.2, 0.25) is 0 Å². The molecule has 1 aliphatic rings. The third-order valence-electron chi connectivity index (χ3n) is 3.50. The first kappa shape index (κ1) is 14.9. The summed E-state index contributed by atoms with van der Waals surface area (Å²) in [6.45, 7) is 4.97. The van der Waals surface area contributed by atoms with Crippen molar-refractivity contribution in [1.29, 1.82) is 0 Å². The summed E-state index contributed by atoms with van der Waals surface area (Å²) in [6, 6.07) is 5.23. The molecule has 0 bridgehead atoms. The van der Waals surface area contributed by atoms with Gasteiger partial charge in [0.2, 0.25) is 10.0 Å². The molecule has 0 N–H and O–H groups in total. The Morgan fingerprint density at radius 1 is 1.25 bits per heavy atom. The van der Waals surface area contributed by atoms with E-state index in [2.05, 4.69) is 0 Å². The molecule has 2 unspecified atom stereocenters. The minimum absolute atomic E-state index is 0.00648. The lowest BCUT2D eigenvalue weighted by Gasteiger charge is -2.33. The Morgan fingerprint density at radius 2 is 1.85 bits per heavy atom. The van der Waals surface area contributed by atoms with Crippen LogP contribution >= 0.6 is 0 Å². The number of nitro groups is 1. The van der Waals surface area contributed by atoms with Gasteiger partial charge in [-0.2, -0.15) is 4.31 Å². The minimum Gasteiger partial charge on any atom is -0.258 e. The smallest absolute Gasteiger partial charge is 0.258 e. The van der Waals surface area contributed by atoms with Gasteiger partial charge in [-0.25, -0.2) is 8.42 Å². The maximum Gasteiger partial charge on any atom is 0.270 e. The molecule has 0 amide bonds. The highest BCUT2D eigenvalue weighted by atomic mass is 32.2. The average molecular weight is 298 g/mol. The highest BCUT2D eigenvalue weighted by molar-refractivity contribution is 7.89. The maximum absolute atomic E-state index is 12.6. The van der Waals surface area contributed by atoms with Crippen LogP contribution < -0.4 is 0 Å². The van der Waals surface area contributed by atoms with Crippen LogP contribution in [0.5, 0.6) is 0 Å². The SMILES string of the molecule is CC1CC(C)CN(S(=O)(=O)c2cccc([N+](=O)[O-])c2)C1. The first-order chi connectivity index (χ1) is 9.30. The average Bonchev–Trinajstić information content (AvgIpc) is 2.37. The van der Waals surface area contributed by atoms with E-state index in [1.54, 1.807) is 0 Å². The Morgan fingerprint density at radius 3 is 2.40 bits per heavy atom. The first-order valence-electron chi connectivity index (χ1n) is 6.55. The normalized spacial score (nSPS) is 24.5. The summed E-state index contributed by atoms with van der Waals surface area (Å²) < 4.78 is 26.5. The lowest BCUT2D eigenvalue weighted by Crippen LogP contribution is -2.42. The molecule has 0 spiro atoms. The van der Waals surface area contributed by atoms with E-state index in [0.717, 1.165) is 12.5 Å². The van der Waals surface area contributed by atoms with Crippen molar-refractivity contribution < 1.29 is 13.3 Å². The molecule has 1 aromatic carbocycles. The maximum atomic E-state index is 12.6. The summed E-state index contributed by atoms with van der Waals surface area (Å²) in [5.74, 6) is 0.597. The van der Waals surface area contributed by atoms with Crippen molar-refractivity contribution in [3.05, 3.63) is 34.4 Å². The zero-order chi connectivity index (χ0) is 14.9. The summed E-state index contributed by atoms with van der Waals surface area (Å²) in [5, 5.41) is 10.8. The quantitative estimate of drug-likeness (QED) is 0.633. The topological polar surface area (TPSA) is 80.5 Å². The van der Waals surface area contributed by atoms with Gasteiger partial charge < -0.3 is 0 Å². The molecule has 1 aliphatic heterocycles. The lowest BCUT2D eigenvalue weighted by molar-refractivity contribution is -0.385. The number of piperidine rings is 1. The molecule has 1 saturated heterocycles. The fraction of sp³-hybridized carbons (Fsp3) is 0.538. The molecule has 0 radical (unpaired) electrons. The summed E-state index contributed by atoms with van der Waals surface area (Å²) in [4.78, 5) is 10.2. The second-order valence-corrected chi connectivity index (χ2v) is 7.46. The Hall–Kier alpha value is -1.47. The van der Waals surface area contributed by atoms with Gasteiger partial charge in [-0.05, 0) is 24.3 Å². The first-order valence-corrected chi connectivity index (χ1v) is 7.99. The molecular weight excluding hydrogens is 280 g/mol. The van der Waals surface area contributed by atoms with Gasteiger partial charge >= 0.3 is 0 Å². The number of non-ortho nitro benzene ring substituents is 1. The summed E-state index contributed by atoms with van der Waals surface area (Å²) in [5.41, 5.74) is -0.204. The molecule has 0 aliphatic carbocycles. The van der Waals surface area contributed by atoms with E-state index in [1.807, 2.05) is 13.8 Å². The molecule has 2 rings (SSSR count). The summed E-state index contributed by atoms with van der Waals surface area (Å²) in [7, 11) is -3.66. The van der Waals surface area contributed by atoms with Crippen molar-refractivity contribution in [3.63, 3.8) is 0 Å². The van der Waals surface area contributed by atoms with E-state index < -0.39 is 14.9 Å². The molecule has 0 aromatic heterocycles. The third-order valence-corrected chi connectivity index (χ3v) is 5.33. The van der Waals surface area contributed by atoms with Gasteiger partial charge in [-0.1, -0.05) is 19.9 Å². The Labute approximate surface area is 118 Å². The van der Waals surface area contributed by atoms with E-state index in [4.69, 9.17) is 0 Å². The fourth-order valence-corrected chi connectivity index (χ4v) is 4.43. The Kier molecular flexibility index (Phi) is 4.10. The van der Waals surface area contributed by atoms with Crippen LogP contribution in [0.15, 0.2) is 29.2 Å². The van der Waals surface area contributed by atoms with Gasteiger partial charge in [0.25, 0.3) is 5.69 Å². The predicted molar refractivity (Wildman–Crippen MR) is 74.8 cm³/mol. The van der Waals surface area contributed by atoms with Crippen molar-refractivity contribution in [1.82, 2.24) is 4.31 Å². The molecule has 1 fully saturated rings. The Bertz CT molecular complexity index is 605.